The molecule has 0 saturated carbocycles. The normalized spacial score (nSPS) is 9.67. The molecule has 0 aromatic heterocycles. The topological polar surface area (TPSA) is 49.3 Å². The third kappa shape index (κ3) is 3.13. The lowest BCUT2D eigenvalue weighted by Crippen LogP contribution is -2.10. The summed E-state index contributed by atoms with van der Waals surface area (Å²) in [5.74, 6) is 0.0141. The number of benzene rings is 1. The lowest BCUT2D eigenvalue weighted by molar-refractivity contribution is -0.116. The average Bonchev–Trinajstić information content (AvgIpc) is 2.22. The highest BCUT2D eigenvalue weighted by Crippen LogP contribution is 2.26. The molecular weight excluding hydrogens is 190 g/mol. The van der Waals surface area contributed by atoms with Gasteiger partial charge in [0.1, 0.15) is 5.75 Å². The molecule has 1 amide bonds. The van der Waals surface area contributed by atoms with Crippen LogP contribution in [0, 0.1) is 6.92 Å². The molecule has 1 aromatic carbocycles. The molecule has 2 N–H and O–H groups in total. The fourth-order valence-corrected chi connectivity index (χ4v) is 1.21. The van der Waals surface area contributed by atoms with E-state index in [1.165, 1.54) is 0 Å². The first-order valence-electron chi connectivity index (χ1n) is 4.84. The average molecular weight is 205 g/mol. The summed E-state index contributed by atoms with van der Waals surface area (Å²) in [5.41, 5.74) is 1.21. The Balaban J connectivity index is 2.68. The van der Waals surface area contributed by atoms with Crippen LogP contribution in [0.1, 0.15) is 18.4 Å². The van der Waals surface area contributed by atoms with Gasteiger partial charge in [0.25, 0.3) is 0 Å². The van der Waals surface area contributed by atoms with Gasteiger partial charge in [-0.1, -0.05) is 18.2 Å². The molecule has 0 aliphatic rings. The van der Waals surface area contributed by atoms with Crippen LogP contribution in [-0.4, -0.2) is 11.0 Å². The van der Waals surface area contributed by atoms with Gasteiger partial charge in [-0.25, -0.2) is 0 Å². The van der Waals surface area contributed by atoms with E-state index in [0.717, 1.165) is 5.56 Å². The van der Waals surface area contributed by atoms with Gasteiger partial charge in [0.2, 0.25) is 5.91 Å². The Kier molecular flexibility index (Phi) is 3.92. The number of aromatic hydroxyl groups is 1. The number of allylic oxidation sites excluding steroid dienone is 1. The van der Waals surface area contributed by atoms with Crippen LogP contribution >= 0.6 is 0 Å². The van der Waals surface area contributed by atoms with Gasteiger partial charge in [0.05, 0.1) is 5.69 Å². The third-order valence-electron chi connectivity index (χ3n) is 2.09. The van der Waals surface area contributed by atoms with Crippen LogP contribution in [-0.2, 0) is 4.79 Å². The highest BCUT2D eigenvalue weighted by molar-refractivity contribution is 5.92. The van der Waals surface area contributed by atoms with Gasteiger partial charge in [-0.3, -0.25) is 4.79 Å². The van der Waals surface area contributed by atoms with Crippen LogP contribution < -0.4 is 5.32 Å². The van der Waals surface area contributed by atoms with Crippen molar-refractivity contribution in [3.05, 3.63) is 36.4 Å². The van der Waals surface area contributed by atoms with E-state index in [0.29, 0.717) is 18.5 Å². The van der Waals surface area contributed by atoms with Crippen LogP contribution in [0.15, 0.2) is 30.9 Å². The highest BCUT2D eigenvalue weighted by atomic mass is 16.3. The summed E-state index contributed by atoms with van der Waals surface area (Å²) in [6.07, 6.45) is 2.71. The molecule has 3 nitrogen and oxygen atoms in total. The van der Waals surface area contributed by atoms with Crippen LogP contribution in [0.2, 0.25) is 0 Å². The Morgan fingerprint density at radius 1 is 1.60 bits per heavy atom. The molecule has 0 fully saturated rings. The van der Waals surface area contributed by atoms with Crippen LogP contribution in [0.3, 0.4) is 0 Å². The number of rotatable bonds is 4. The van der Waals surface area contributed by atoms with E-state index in [-0.39, 0.29) is 11.7 Å². The molecule has 0 spiro atoms. The van der Waals surface area contributed by atoms with Crippen molar-refractivity contribution in [2.45, 2.75) is 19.8 Å². The maximum absolute atomic E-state index is 11.4. The van der Waals surface area contributed by atoms with E-state index in [1.807, 2.05) is 0 Å². The Labute approximate surface area is 89.4 Å². The summed E-state index contributed by atoms with van der Waals surface area (Å²) in [7, 11) is 0. The predicted octanol–water partition coefficient (Wildman–Crippen LogP) is 2.61. The molecule has 0 bridgehead atoms. The van der Waals surface area contributed by atoms with Crippen molar-refractivity contribution in [1.29, 1.82) is 0 Å². The lowest BCUT2D eigenvalue weighted by Gasteiger charge is -2.08. The van der Waals surface area contributed by atoms with Gasteiger partial charge in [-0.2, -0.15) is 0 Å². The zero-order valence-electron chi connectivity index (χ0n) is 8.79. The van der Waals surface area contributed by atoms with E-state index in [2.05, 4.69) is 11.9 Å². The molecule has 0 aliphatic carbocycles. The monoisotopic (exact) mass is 205 g/mol. The first kappa shape index (κ1) is 11.3. The van der Waals surface area contributed by atoms with E-state index >= 15 is 0 Å². The van der Waals surface area contributed by atoms with Crippen molar-refractivity contribution in [1.82, 2.24) is 0 Å². The van der Waals surface area contributed by atoms with Crippen LogP contribution in [0.4, 0.5) is 5.69 Å². The molecule has 0 saturated heterocycles. The third-order valence-corrected chi connectivity index (χ3v) is 2.09. The molecule has 0 radical (unpaired) electrons. The number of anilines is 1. The zero-order chi connectivity index (χ0) is 11.3. The van der Waals surface area contributed by atoms with Crippen LogP contribution in [0.5, 0.6) is 5.75 Å². The summed E-state index contributed by atoms with van der Waals surface area (Å²) >= 11 is 0. The molecule has 15 heavy (non-hydrogen) atoms. The van der Waals surface area contributed by atoms with Gasteiger partial charge in [-0.15, -0.1) is 6.58 Å². The quantitative estimate of drug-likeness (QED) is 0.586. The number of aryl methyl sites for hydroxylation is 1. The van der Waals surface area contributed by atoms with Crippen molar-refractivity contribution in [2.24, 2.45) is 0 Å². The van der Waals surface area contributed by atoms with E-state index < -0.39 is 0 Å². The Morgan fingerprint density at radius 3 is 3.00 bits per heavy atom. The van der Waals surface area contributed by atoms with Crippen molar-refractivity contribution in [3.63, 3.8) is 0 Å². The largest absolute Gasteiger partial charge is 0.505 e. The number of phenolic OH excluding ortho intramolecular Hbond substituents is 1. The number of para-hydroxylation sites is 1. The lowest BCUT2D eigenvalue weighted by atomic mass is 10.2. The molecule has 0 aliphatic heterocycles. The first-order valence-corrected chi connectivity index (χ1v) is 4.84. The standard InChI is InChI=1S/C12H15NO2/c1-3-4-8-11(14)13-10-7-5-6-9(2)12(10)15/h3,5-7,15H,1,4,8H2,2H3,(H,13,14). The van der Waals surface area contributed by atoms with Gasteiger partial charge in [0.15, 0.2) is 0 Å². The summed E-state index contributed by atoms with van der Waals surface area (Å²) in [5, 5.41) is 12.3. The Morgan fingerprint density at radius 2 is 2.33 bits per heavy atom. The van der Waals surface area contributed by atoms with Crippen molar-refractivity contribution in [3.8, 4) is 5.75 Å². The van der Waals surface area contributed by atoms with Crippen molar-refractivity contribution >= 4 is 11.6 Å². The predicted molar refractivity (Wildman–Crippen MR) is 60.9 cm³/mol. The van der Waals surface area contributed by atoms with Gasteiger partial charge in [0, 0.05) is 6.42 Å². The molecule has 0 heterocycles. The number of carbonyl (C=O) groups is 1. The van der Waals surface area contributed by atoms with Gasteiger partial charge in [-0.05, 0) is 25.0 Å². The number of amides is 1. The minimum Gasteiger partial charge on any atom is -0.505 e. The molecule has 0 unspecified atom stereocenters. The summed E-state index contributed by atoms with van der Waals surface area (Å²) in [6.45, 7) is 5.33. The number of carbonyl (C=O) groups excluding carboxylic acids is 1. The Bertz CT molecular complexity index is 372. The van der Waals surface area contributed by atoms with Gasteiger partial charge < -0.3 is 10.4 Å². The van der Waals surface area contributed by atoms with Gasteiger partial charge >= 0.3 is 0 Å². The summed E-state index contributed by atoms with van der Waals surface area (Å²) in [4.78, 5) is 11.4. The molecule has 1 rings (SSSR count). The maximum atomic E-state index is 11.4. The number of hydrogen-bond donors (Lipinski definition) is 2. The van der Waals surface area contributed by atoms with Crippen molar-refractivity contribution in [2.75, 3.05) is 5.32 Å². The van der Waals surface area contributed by atoms with E-state index in [4.69, 9.17) is 0 Å². The molecule has 1 aromatic rings. The van der Waals surface area contributed by atoms with E-state index in [9.17, 15) is 9.90 Å². The molecule has 3 heteroatoms. The van der Waals surface area contributed by atoms with E-state index in [1.54, 1.807) is 31.2 Å². The van der Waals surface area contributed by atoms with Crippen LogP contribution in [0.25, 0.3) is 0 Å². The maximum Gasteiger partial charge on any atom is 0.224 e. The second kappa shape index (κ2) is 5.20. The molecular formula is C12H15NO2. The first-order chi connectivity index (χ1) is 7.15. The van der Waals surface area contributed by atoms with Crippen molar-refractivity contribution < 1.29 is 9.90 Å². The summed E-state index contributed by atoms with van der Waals surface area (Å²) < 4.78 is 0. The Hall–Kier alpha value is -1.77. The highest BCUT2D eigenvalue weighted by Gasteiger charge is 2.06. The molecule has 80 valence electrons. The number of nitrogens with one attached hydrogen (secondary N) is 1. The number of hydrogen-bond acceptors (Lipinski definition) is 2. The fraction of sp³-hybridized carbons (Fsp3) is 0.250. The molecule has 0 atom stereocenters. The number of phenols is 1. The minimum absolute atomic E-state index is 0.115. The second-order valence-corrected chi connectivity index (χ2v) is 3.35. The zero-order valence-corrected chi connectivity index (χ0v) is 8.79. The summed E-state index contributed by atoms with van der Waals surface area (Å²) in [6, 6.07) is 5.25. The SMILES string of the molecule is C=CCCC(=O)Nc1cccc(C)c1O. The fourth-order valence-electron chi connectivity index (χ4n) is 1.21. The smallest absolute Gasteiger partial charge is 0.224 e. The minimum atomic E-state index is -0.115. The second-order valence-electron chi connectivity index (χ2n) is 3.35.